The molecule has 0 aliphatic heterocycles. The Labute approximate surface area is 156 Å². The van der Waals surface area contributed by atoms with Gasteiger partial charge >= 0.3 is 0 Å². The third-order valence-corrected chi connectivity index (χ3v) is 5.86. The lowest BCUT2D eigenvalue weighted by molar-refractivity contribution is -0.120. The van der Waals surface area contributed by atoms with Crippen LogP contribution in [0.1, 0.15) is 32.3 Å². The Morgan fingerprint density at radius 1 is 1.08 bits per heavy atom. The number of carbonyl (C=O) groups is 1. The third-order valence-electron chi connectivity index (χ3n) is 4.07. The van der Waals surface area contributed by atoms with Gasteiger partial charge in [0.1, 0.15) is 6.54 Å². The summed E-state index contributed by atoms with van der Waals surface area (Å²) in [6.07, 6.45) is 1.80. The average Bonchev–Trinajstić information content (AvgIpc) is 2.61. The summed E-state index contributed by atoms with van der Waals surface area (Å²) >= 11 is 0. The van der Waals surface area contributed by atoms with Crippen molar-refractivity contribution in [1.82, 2.24) is 5.32 Å². The van der Waals surface area contributed by atoms with Crippen molar-refractivity contribution >= 4 is 21.6 Å². The second kappa shape index (κ2) is 8.85. The summed E-state index contributed by atoms with van der Waals surface area (Å²) in [6, 6.07) is 15.3. The number of nitrogens with zero attached hydrogens (tertiary/aromatic N) is 1. The molecular formula is C20H26N2O3S. The Kier molecular flexibility index (Phi) is 6.80. The molecular weight excluding hydrogens is 348 g/mol. The number of benzene rings is 2. The van der Waals surface area contributed by atoms with E-state index in [-0.39, 0.29) is 23.4 Å². The Morgan fingerprint density at radius 2 is 1.69 bits per heavy atom. The van der Waals surface area contributed by atoms with Crippen LogP contribution in [-0.4, -0.2) is 26.9 Å². The minimum atomic E-state index is -3.84. The van der Waals surface area contributed by atoms with Crippen LogP contribution in [0.15, 0.2) is 59.5 Å². The standard InChI is InChI=1S/C20H26N2O3S/c1-4-8-17(3)21-20(23)15-22(18-9-6-5-7-10-18)26(24,25)19-13-11-16(2)12-14-19/h5-7,9-14,17H,4,8,15H2,1-3H3,(H,21,23)/t17-/m1/s1. The third kappa shape index (κ3) is 5.08. The number of sulfonamides is 1. The van der Waals surface area contributed by atoms with Crippen molar-refractivity contribution in [2.75, 3.05) is 10.8 Å². The number of anilines is 1. The van der Waals surface area contributed by atoms with Crippen LogP contribution < -0.4 is 9.62 Å². The van der Waals surface area contributed by atoms with Crippen molar-refractivity contribution in [1.29, 1.82) is 0 Å². The molecule has 2 rings (SSSR count). The van der Waals surface area contributed by atoms with Crippen LogP contribution in [0, 0.1) is 6.92 Å². The molecule has 1 atom stereocenters. The lowest BCUT2D eigenvalue weighted by atomic mass is 10.2. The van der Waals surface area contributed by atoms with Gasteiger partial charge < -0.3 is 5.32 Å². The smallest absolute Gasteiger partial charge is 0.264 e. The molecule has 0 bridgehead atoms. The van der Waals surface area contributed by atoms with Crippen molar-refractivity contribution in [3.8, 4) is 0 Å². The molecule has 0 aliphatic carbocycles. The van der Waals surface area contributed by atoms with Gasteiger partial charge in [-0.2, -0.15) is 0 Å². The molecule has 140 valence electrons. The number of hydrogen-bond donors (Lipinski definition) is 1. The monoisotopic (exact) mass is 374 g/mol. The molecule has 0 aromatic heterocycles. The van der Waals surface area contributed by atoms with Gasteiger partial charge in [0.25, 0.3) is 10.0 Å². The SMILES string of the molecule is CCC[C@@H](C)NC(=O)CN(c1ccccc1)S(=O)(=O)c1ccc(C)cc1. The van der Waals surface area contributed by atoms with Gasteiger partial charge in [0.2, 0.25) is 5.91 Å². The number of aryl methyl sites for hydroxylation is 1. The summed E-state index contributed by atoms with van der Waals surface area (Å²) in [5.74, 6) is -0.314. The van der Waals surface area contributed by atoms with E-state index < -0.39 is 10.0 Å². The highest BCUT2D eigenvalue weighted by Crippen LogP contribution is 2.23. The van der Waals surface area contributed by atoms with Gasteiger partial charge in [-0.3, -0.25) is 9.10 Å². The highest BCUT2D eigenvalue weighted by molar-refractivity contribution is 7.92. The van der Waals surface area contributed by atoms with E-state index in [1.165, 1.54) is 0 Å². The molecule has 2 aromatic carbocycles. The summed E-state index contributed by atoms with van der Waals surface area (Å²) in [6.45, 7) is 5.60. The Bertz CT molecular complexity index is 818. The quantitative estimate of drug-likeness (QED) is 0.769. The first-order valence-corrected chi connectivity index (χ1v) is 10.2. The molecule has 0 aliphatic rings. The van der Waals surface area contributed by atoms with Gasteiger partial charge in [0.05, 0.1) is 10.6 Å². The van der Waals surface area contributed by atoms with Gasteiger partial charge in [0, 0.05) is 6.04 Å². The first-order chi connectivity index (χ1) is 12.3. The lowest BCUT2D eigenvalue weighted by Crippen LogP contribution is -2.43. The number of rotatable bonds is 8. The number of para-hydroxylation sites is 1. The molecule has 0 heterocycles. The largest absolute Gasteiger partial charge is 0.352 e. The molecule has 0 saturated carbocycles. The normalized spacial score (nSPS) is 12.4. The molecule has 0 spiro atoms. The van der Waals surface area contributed by atoms with Crippen LogP contribution in [0.4, 0.5) is 5.69 Å². The number of amides is 1. The highest BCUT2D eigenvalue weighted by Gasteiger charge is 2.27. The molecule has 26 heavy (non-hydrogen) atoms. The predicted octanol–water partition coefficient (Wildman–Crippen LogP) is 3.50. The maximum atomic E-state index is 13.1. The summed E-state index contributed by atoms with van der Waals surface area (Å²) in [5.41, 5.74) is 1.44. The average molecular weight is 375 g/mol. The number of nitrogens with one attached hydrogen (secondary N) is 1. The van der Waals surface area contributed by atoms with Gasteiger partial charge in [-0.25, -0.2) is 8.42 Å². The zero-order valence-corrected chi connectivity index (χ0v) is 16.3. The van der Waals surface area contributed by atoms with Crippen molar-refractivity contribution in [3.63, 3.8) is 0 Å². The molecule has 5 nitrogen and oxygen atoms in total. The minimum absolute atomic E-state index is 0.00667. The Morgan fingerprint density at radius 3 is 2.27 bits per heavy atom. The van der Waals surface area contributed by atoms with Crippen LogP contribution in [0.2, 0.25) is 0 Å². The second-order valence-electron chi connectivity index (χ2n) is 6.42. The second-order valence-corrected chi connectivity index (χ2v) is 8.28. The van der Waals surface area contributed by atoms with Crippen LogP contribution in [0.5, 0.6) is 0 Å². The molecule has 1 amide bonds. The molecule has 2 aromatic rings. The van der Waals surface area contributed by atoms with Crippen LogP contribution in [0.25, 0.3) is 0 Å². The van der Waals surface area contributed by atoms with E-state index in [4.69, 9.17) is 0 Å². The van der Waals surface area contributed by atoms with E-state index in [1.54, 1.807) is 48.5 Å². The van der Waals surface area contributed by atoms with Crippen LogP contribution >= 0.6 is 0 Å². The first-order valence-electron chi connectivity index (χ1n) is 8.78. The van der Waals surface area contributed by atoms with Crippen LogP contribution in [-0.2, 0) is 14.8 Å². The predicted molar refractivity (Wildman–Crippen MR) is 105 cm³/mol. The molecule has 0 fully saturated rings. The first kappa shape index (κ1) is 20.0. The summed E-state index contributed by atoms with van der Waals surface area (Å²) in [7, 11) is -3.84. The summed E-state index contributed by atoms with van der Waals surface area (Å²) in [5, 5.41) is 2.87. The van der Waals surface area contributed by atoms with E-state index in [1.807, 2.05) is 26.8 Å². The van der Waals surface area contributed by atoms with Gasteiger partial charge in [0.15, 0.2) is 0 Å². The van der Waals surface area contributed by atoms with Crippen molar-refractivity contribution in [2.24, 2.45) is 0 Å². The number of hydrogen-bond acceptors (Lipinski definition) is 3. The molecule has 0 unspecified atom stereocenters. The zero-order valence-electron chi connectivity index (χ0n) is 15.5. The van der Waals surface area contributed by atoms with Gasteiger partial charge in [-0.1, -0.05) is 49.2 Å². The fourth-order valence-corrected chi connectivity index (χ4v) is 4.12. The molecule has 0 saturated heterocycles. The summed E-state index contributed by atoms with van der Waals surface area (Å²) in [4.78, 5) is 12.6. The van der Waals surface area contributed by atoms with E-state index in [9.17, 15) is 13.2 Å². The zero-order chi connectivity index (χ0) is 19.2. The maximum absolute atomic E-state index is 13.1. The van der Waals surface area contributed by atoms with Gasteiger partial charge in [-0.05, 0) is 44.5 Å². The van der Waals surface area contributed by atoms with E-state index >= 15 is 0 Å². The topological polar surface area (TPSA) is 66.5 Å². The molecule has 0 radical (unpaired) electrons. The van der Waals surface area contributed by atoms with Crippen molar-refractivity contribution < 1.29 is 13.2 Å². The Hall–Kier alpha value is -2.34. The van der Waals surface area contributed by atoms with Crippen LogP contribution in [0.3, 0.4) is 0 Å². The maximum Gasteiger partial charge on any atom is 0.264 e. The van der Waals surface area contributed by atoms with E-state index in [0.717, 1.165) is 22.7 Å². The number of carbonyl (C=O) groups excluding carboxylic acids is 1. The summed E-state index contributed by atoms with van der Waals surface area (Å²) < 4.78 is 27.4. The van der Waals surface area contributed by atoms with Gasteiger partial charge in [-0.15, -0.1) is 0 Å². The van der Waals surface area contributed by atoms with Crippen molar-refractivity contribution in [2.45, 2.75) is 44.6 Å². The van der Waals surface area contributed by atoms with E-state index in [0.29, 0.717) is 5.69 Å². The lowest BCUT2D eigenvalue weighted by Gasteiger charge is -2.25. The fourth-order valence-electron chi connectivity index (χ4n) is 2.70. The Balaban J connectivity index is 2.33. The highest BCUT2D eigenvalue weighted by atomic mass is 32.2. The molecule has 6 heteroatoms. The minimum Gasteiger partial charge on any atom is -0.352 e. The fraction of sp³-hybridized carbons (Fsp3) is 0.350. The van der Waals surface area contributed by atoms with Crippen molar-refractivity contribution in [3.05, 3.63) is 60.2 Å². The van der Waals surface area contributed by atoms with E-state index in [2.05, 4.69) is 5.32 Å². The molecule has 1 N–H and O–H groups in total.